The molecule has 10 heteroatoms. The normalized spacial score (nSPS) is 18.2. The lowest BCUT2D eigenvalue weighted by atomic mass is 9.85. The number of imidazole rings is 1. The molecule has 2 heterocycles. The maximum atomic E-state index is 12.2. The Balaban J connectivity index is 1.80. The third-order valence-corrected chi connectivity index (χ3v) is 5.45. The van der Waals surface area contributed by atoms with E-state index in [1.165, 1.54) is 7.11 Å². The SMILES string of the molecule is COc1cc(NS(C)(=O)=O)ccc1-c1nc2cc3c(cc2[nH]1)NC(=O)C3(C)C#N. The zero-order chi connectivity index (χ0) is 21.0. The van der Waals surface area contributed by atoms with E-state index in [1.54, 1.807) is 37.3 Å². The fraction of sp³-hybridized carbons (Fsp3) is 0.211. The number of amides is 1. The van der Waals surface area contributed by atoms with Crippen molar-refractivity contribution in [2.24, 2.45) is 0 Å². The summed E-state index contributed by atoms with van der Waals surface area (Å²) in [6, 6.07) is 10.4. The molecular weight excluding hydrogens is 394 g/mol. The number of carbonyl (C=O) groups is 1. The number of hydrogen-bond donors (Lipinski definition) is 3. The lowest BCUT2D eigenvalue weighted by molar-refractivity contribution is -0.118. The minimum atomic E-state index is -3.41. The quantitative estimate of drug-likeness (QED) is 0.603. The molecular formula is C19H17N5O4S. The summed E-state index contributed by atoms with van der Waals surface area (Å²) in [5, 5.41) is 12.2. The molecule has 0 saturated heterocycles. The zero-order valence-electron chi connectivity index (χ0n) is 15.8. The van der Waals surface area contributed by atoms with Crippen LogP contribution in [0.2, 0.25) is 0 Å². The van der Waals surface area contributed by atoms with Gasteiger partial charge in [0.05, 0.1) is 41.7 Å². The number of anilines is 2. The van der Waals surface area contributed by atoms with Crippen LogP contribution in [0.15, 0.2) is 30.3 Å². The first-order valence-electron chi connectivity index (χ1n) is 8.58. The lowest BCUT2D eigenvalue weighted by Gasteiger charge is -2.10. The van der Waals surface area contributed by atoms with Crippen LogP contribution in [0.5, 0.6) is 5.75 Å². The monoisotopic (exact) mass is 411 g/mol. The molecule has 3 N–H and O–H groups in total. The van der Waals surface area contributed by atoms with Crippen molar-refractivity contribution in [1.29, 1.82) is 5.26 Å². The molecule has 4 rings (SSSR count). The molecule has 1 aliphatic heterocycles. The second-order valence-corrected chi connectivity index (χ2v) is 8.73. The molecule has 1 unspecified atom stereocenters. The summed E-state index contributed by atoms with van der Waals surface area (Å²) in [5.74, 6) is 0.579. The number of benzene rings is 2. The van der Waals surface area contributed by atoms with E-state index in [9.17, 15) is 18.5 Å². The number of nitrogens with one attached hydrogen (secondary N) is 3. The van der Waals surface area contributed by atoms with Crippen molar-refractivity contribution in [3.63, 3.8) is 0 Å². The van der Waals surface area contributed by atoms with Gasteiger partial charge in [0.1, 0.15) is 11.6 Å². The fourth-order valence-corrected chi connectivity index (χ4v) is 3.90. The zero-order valence-corrected chi connectivity index (χ0v) is 16.6. The first-order chi connectivity index (χ1) is 13.6. The number of nitrogens with zero attached hydrogens (tertiary/aromatic N) is 2. The highest BCUT2D eigenvalue weighted by Crippen LogP contribution is 2.40. The predicted octanol–water partition coefficient (Wildman–Crippen LogP) is 2.34. The van der Waals surface area contributed by atoms with Crippen molar-refractivity contribution < 1.29 is 17.9 Å². The Bertz CT molecular complexity index is 1320. The van der Waals surface area contributed by atoms with Gasteiger partial charge in [-0.2, -0.15) is 5.26 Å². The van der Waals surface area contributed by atoms with Gasteiger partial charge in [0.25, 0.3) is 0 Å². The Morgan fingerprint density at radius 2 is 2.03 bits per heavy atom. The van der Waals surface area contributed by atoms with Crippen molar-refractivity contribution in [2.45, 2.75) is 12.3 Å². The number of carbonyl (C=O) groups excluding carboxylic acids is 1. The highest BCUT2D eigenvalue weighted by atomic mass is 32.2. The molecule has 0 fully saturated rings. The third-order valence-electron chi connectivity index (χ3n) is 4.85. The van der Waals surface area contributed by atoms with Crippen LogP contribution in [0.3, 0.4) is 0 Å². The van der Waals surface area contributed by atoms with Crippen LogP contribution in [0.4, 0.5) is 11.4 Å². The van der Waals surface area contributed by atoms with Gasteiger partial charge in [-0.1, -0.05) is 0 Å². The number of fused-ring (bicyclic) bond motifs is 2. The number of nitriles is 1. The van der Waals surface area contributed by atoms with E-state index in [4.69, 9.17) is 4.74 Å². The Morgan fingerprint density at radius 3 is 2.69 bits per heavy atom. The molecule has 2 aromatic carbocycles. The lowest BCUT2D eigenvalue weighted by Crippen LogP contribution is -2.28. The molecule has 9 nitrogen and oxygen atoms in total. The topological polar surface area (TPSA) is 137 Å². The van der Waals surface area contributed by atoms with Crippen LogP contribution in [-0.4, -0.2) is 37.7 Å². The first kappa shape index (κ1) is 18.8. The van der Waals surface area contributed by atoms with Gasteiger partial charge < -0.3 is 15.0 Å². The fourth-order valence-electron chi connectivity index (χ4n) is 3.35. The van der Waals surface area contributed by atoms with Gasteiger partial charge in [0.15, 0.2) is 5.41 Å². The van der Waals surface area contributed by atoms with Gasteiger partial charge in [-0.15, -0.1) is 0 Å². The number of ether oxygens (including phenoxy) is 1. The van der Waals surface area contributed by atoms with Gasteiger partial charge in [-0.3, -0.25) is 9.52 Å². The summed E-state index contributed by atoms with van der Waals surface area (Å²) in [7, 11) is -1.93. The molecule has 3 aromatic rings. The highest BCUT2D eigenvalue weighted by molar-refractivity contribution is 7.92. The summed E-state index contributed by atoms with van der Waals surface area (Å²) in [5.41, 5.74) is 2.17. The second kappa shape index (κ2) is 6.22. The van der Waals surface area contributed by atoms with Crippen molar-refractivity contribution in [2.75, 3.05) is 23.4 Å². The number of sulfonamides is 1. The average Bonchev–Trinajstić information content (AvgIpc) is 3.17. The van der Waals surface area contributed by atoms with Gasteiger partial charge in [-0.05, 0) is 31.2 Å². The molecule has 0 spiro atoms. The third kappa shape index (κ3) is 3.05. The molecule has 0 saturated carbocycles. The van der Waals surface area contributed by atoms with Crippen LogP contribution in [0.25, 0.3) is 22.4 Å². The van der Waals surface area contributed by atoms with E-state index in [-0.39, 0.29) is 5.91 Å². The number of H-pyrrole nitrogens is 1. The Hall–Kier alpha value is -3.58. The smallest absolute Gasteiger partial charge is 0.249 e. The van der Waals surface area contributed by atoms with Gasteiger partial charge in [0.2, 0.25) is 15.9 Å². The number of methoxy groups -OCH3 is 1. The van der Waals surface area contributed by atoms with E-state index >= 15 is 0 Å². The molecule has 29 heavy (non-hydrogen) atoms. The van der Waals surface area contributed by atoms with Crippen molar-refractivity contribution >= 4 is 38.3 Å². The largest absolute Gasteiger partial charge is 0.496 e. The second-order valence-electron chi connectivity index (χ2n) is 6.98. The van der Waals surface area contributed by atoms with Crippen LogP contribution >= 0.6 is 0 Å². The molecule has 0 aliphatic carbocycles. The van der Waals surface area contributed by atoms with Crippen LogP contribution < -0.4 is 14.8 Å². The Morgan fingerprint density at radius 1 is 1.28 bits per heavy atom. The number of aromatic amines is 1. The maximum Gasteiger partial charge on any atom is 0.249 e. The summed E-state index contributed by atoms with van der Waals surface area (Å²) in [6.45, 7) is 1.57. The first-order valence-corrected chi connectivity index (χ1v) is 10.5. The molecule has 1 aliphatic rings. The molecule has 1 aromatic heterocycles. The standard InChI is InChI=1S/C19H17N5O4S/c1-19(9-20)12-7-14-15(8-13(12)23-18(19)25)22-17(21-14)11-5-4-10(6-16(11)28-2)24-29(3,26)27/h4-8,24H,1-3H3,(H,21,22)(H,23,25). The summed E-state index contributed by atoms with van der Waals surface area (Å²) in [4.78, 5) is 19.9. The van der Waals surface area contributed by atoms with Crippen molar-refractivity contribution in [1.82, 2.24) is 9.97 Å². The summed E-state index contributed by atoms with van der Waals surface area (Å²) < 4.78 is 30.7. The minimum Gasteiger partial charge on any atom is -0.496 e. The maximum absolute atomic E-state index is 12.2. The van der Waals surface area contributed by atoms with Gasteiger partial charge in [0, 0.05) is 17.3 Å². The van der Waals surface area contributed by atoms with E-state index in [2.05, 4.69) is 26.1 Å². The highest BCUT2D eigenvalue weighted by Gasteiger charge is 2.43. The van der Waals surface area contributed by atoms with Crippen LogP contribution in [0, 0.1) is 11.3 Å². The predicted molar refractivity (Wildman–Crippen MR) is 108 cm³/mol. The Labute approximate surface area is 166 Å². The van der Waals surface area contributed by atoms with Crippen molar-refractivity contribution in [3.8, 4) is 23.2 Å². The molecule has 0 bridgehead atoms. The average molecular weight is 411 g/mol. The number of hydrogen-bond acceptors (Lipinski definition) is 6. The summed E-state index contributed by atoms with van der Waals surface area (Å²) >= 11 is 0. The van der Waals surface area contributed by atoms with E-state index in [0.717, 1.165) is 6.26 Å². The minimum absolute atomic E-state index is 0.362. The van der Waals surface area contributed by atoms with Crippen molar-refractivity contribution in [3.05, 3.63) is 35.9 Å². The Kier molecular flexibility index (Phi) is 4.02. The molecule has 0 radical (unpaired) electrons. The number of rotatable bonds is 4. The molecule has 148 valence electrons. The van der Waals surface area contributed by atoms with E-state index < -0.39 is 15.4 Å². The molecule has 1 amide bonds. The summed E-state index contributed by atoms with van der Waals surface area (Å²) in [6.07, 6.45) is 1.07. The van der Waals surface area contributed by atoms with Gasteiger partial charge in [-0.25, -0.2) is 13.4 Å². The number of aromatic nitrogens is 2. The van der Waals surface area contributed by atoms with E-state index in [0.29, 0.717) is 45.1 Å². The van der Waals surface area contributed by atoms with Crippen LogP contribution in [-0.2, 0) is 20.2 Å². The van der Waals surface area contributed by atoms with Gasteiger partial charge >= 0.3 is 0 Å². The molecule has 1 atom stereocenters. The van der Waals surface area contributed by atoms with E-state index in [1.807, 2.05) is 0 Å². The van der Waals surface area contributed by atoms with Crippen LogP contribution in [0.1, 0.15) is 12.5 Å².